The van der Waals surface area contributed by atoms with Crippen LogP contribution in [0.3, 0.4) is 0 Å². The summed E-state index contributed by atoms with van der Waals surface area (Å²) in [5.41, 5.74) is -0.212. The van der Waals surface area contributed by atoms with Gasteiger partial charge in [-0.05, 0) is 24.3 Å². The number of halogens is 1. The molecule has 0 unspecified atom stereocenters. The van der Waals surface area contributed by atoms with E-state index in [1.54, 1.807) is 6.07 Å². The van der Waals surface area contributed by atoms with Gasteiger partial charge in [0.2, 0.25) is 0 Å². The van der Waals surface area contributed by atoms with Gasteiger partial charge in [-0.15, -0.1) is 0 Å². The number of nitro groups is 1. The maximum Gasteiger partial charge on any atom is 0.314 e. The molecule has 0 saturated heterocycles. The Kier molecular flexibility index (Phi) is 3.61. The van der Waals surface area contributed by atoms with Gasteiger partial charge in [0.25, 0.3) is 0 Å². The molecule has 0 aliphatic heterocycles. The van der Waals surface area contributed by atoms with Gasteiger partial charge >= 0.3 is 5.69 Å². The van der Waals surface area contributed by atoms with E-state index in [1.807, 2.05) is 0 Å². The van der Waals surface area contributed by atoms with E-state index in [4.69, 9.17) is 9.47 Å². The highest BCUT2D eigenvalue weighted by Crippen LogP contribution is 2.32. The van der Waals surface area contributed by atoms with E-state index in [1.165, 1.54) is 43.5 Å². The van der Waals surface area contributed by atoms with Crippen molar-refractivity contribution >= 4 is 5.69 Å². The van der Waals surface area contributed by atoms with Crippen LogP contribution in [-0.2, 0) is 0 Å². The summed E-state index contributed by atoms with van der Waals surface area (Å²) in [5.74, 6) is 0.190. The van der Waals surface area contributed by atoms with Crippen LogP contribution in [-0.4, -0.2) is 12.0 Å². The fraction of sp³-hybridized carbons (Fsp3) is 0.0769. The van der Waals surface area contributed by atoms with Gasteiger partial charge in [-0.1, -0.05) is 6.07 Å². The van der Waals surface area contributed by atoms with Crippen molar-refractivity contribution < 1.29 is 18.8 Å². The minimum absolute atomic E-state index is 0.136. The highest BCUT2D eigenvalue weighted by atomic mass is 19.1. The monoisotopic (exact) mass is 263 g/mol. The quantitative estimate of drug-likeness (QED) is 0.625. The third-order valence-corrected chi connectivity index (χ3v) is 2.38. The topological polar surface area (TPSA) is 61.6 Å². The van der Waals surface area contributed by atoms with Crippen LogP contribution in [0.2, 0.25) is 0 Å². The van der Waals surface area contributed by atoms with E-state index in [0.717, 1.165) is 0 Å². The SMILES string of the molecule is COc1ccc(Oc2cccc(F)c2)cc1[N+](=O)[O-]. The molecule has 0 heterocycles. The zero-order chi connectivity index (χ0) is 13.8. The molecule has 0 spiro atoms. The predicted octanol–water partition coefficient (Wildman–Crippen LogP) is 3.53. The second kappa shape index (κ2) is 5.34. The van der Waals surface area contributed by atoms with Gasteiger partial charge in [0.05, 0.1) is 18.1 Å². The molecule has 0 aliphatic carbocycles. The molecular formula is C13H10FNO4. The summed E-state index contributed by atoms with van der Waals surface area (Å²) in [5, 5.41) is 10.8. The molecule has 0 fully saturated rings. The van der Waals surface area contributed by atoms with E-state index in [9.17, 15) is 14.5 Å². The number of methoxy groups -OCH3 is 1. The molecule has 0 N–H and O–H groups in total. The lowest BCUT2D eigenvalue weighted by Gasteiger charge is -2.07. The standard InChI is InChI=1S/C13H10FNO4/c1-18-13-6-5-11(8-12(13)15(16)17)19-10-4-2-3-9(14)7-10/h2-8H,1H3. The third kappa shape index (κ3) is 2.98. The number of nitrogens with zero attached hydrogens (tertiary/aromatic N) is 1. The summed E-state index contributed by atoms with van der Waals surface area (Å²) in [7, 11) is 1.34. The molecular weight excluding hydrogens is 253 g/mol. The zero-order valence-electron chi connectivity index (χ0n) is 10.00. The molecule has 19 heavy (non-hydrogen) atoms. The van der Waals surface area contributed by atoms with Crippen LogP contribution < -0.4 is 9.47 Å². The van der Waals surface area contributed by atoms with E-state index >= 15 is 0 Å². The Hall–Kier alpha value is -2.63. The first-order valence-electron chi connectivity index (χ1n) is 5.36. The van der Waals surface area contributed by atoms with Gasteiger partial charge in [0.1, 0.15) is 17.3 Å². The van der Waals surface area contributed by atoms with E-state index in [-0.39, 0.29) is 22.9 Å². The van der Waals surface area contributed by atoms with Crippen molar-refractivity contribution in [2.75, 3.05) is 7.11 Å². The Morgan fingerprint density at radius 3 is 2.53 bits per heavy atom. The van der Waals surface area contributed by atoms with Gasteiger partial charge in [0.15, 0.2) is 5.75 Å². The third-order valence-electron chi connectivity index (χ3n) is 2.38. The Balaban J connectivity index is 2.31. The second-order valence-corrected chi connectivity index (χ2v) is 3.65. The first kappa shape index (κ1) is 12.8. The molecule has 0 saturated carbocycles. The fourth-order valence-corrected chi connectivity index (χ4v) is 1.54. The largest absolute Gasteiger partial charge is 0.490 e. The molecule has 0 aromatic heterocycles. The minimum atomic E-state index is -0.572. The van der Waals surface area contributed by atoms with Crippen molar-refractivity contribution in [3.8, 4) is 17.2 Å². The second-order valence-electron chi connectivity index (χ2n) is 3.65. The molecule has 0 radical (unpaired) electrons. The lowest BCUT2D eigenvalue weighted by molar-refractivity contribution is -0.385. The smallest absolute Gasteiger partial charge is 0.314 e. The molecule has 0 bridgehead atoms. The Bertz CT molecular complexity index is 615. The van der Waals surface area contributed by atoms with Crippen LogP contribution in [0.4, 0.5) is 10.1 Å². The summed E-state index contributed by atoms with van der Waals surface area (Å²) < 4.78 is 23.2. The maximum absolute atomic E-state index is 13.0. The van der Waals surface area contributed by atoms with Crippen molar-refractivity contribution in [3.63, 3.8) is 0 Å². The molecule has 5 nitrogen and oxygen atoms in total. The molecule has 2 aromatic rings. The first-order chi connectivity index (χ1) is 9.10. The van der Waals surface area contributed by atoms with Gasteiger partial charge in [-0.2, -0.15) is 0 Å². The van der Waals surface area contributed by atoms with E-state index in [2.05, 4.69) is 0 Å². The summed E-state index contributed by atoms with van der Waals surface area (Å²) in [4.78, 5) is 10.3. The van der Waals surface area contributed by atoms with Crippen molar-refractivity contribution in [2.24, 2.45) is 0 Å². The zero-order valence-corrected chi connectivity index (χ0v) is 10.00. The average Bonchev–Trinajstić information content (AvgIpc) is 2.38. The summed E-state index contributed by atoms with van der Waals surface area (Å²) >= 11 is 0. The molecule has 2 rings (SSSR count). The number of nitro benzene ring substituents is 1. The molecule has 0 atom stereocenters. The Labute approximate surface area is 108 Å². The van der Waals surface area contributed by atoms with Crippen molar-refractivity contribution in [1.29, 1.82) is 0 Å². The lowest BCUT2D eigenvalue weighted by Crippen LogP contribution is -1.94. The van der Waals surface area contributed by atoms with Gasteiger partial charge in [-0.25, -0.2) is 4.39 Å². The Morgan fingerprint density at radius 1 is 1.16 bits per heavy atom. The molecule has 0 aliphatic rings. The van der Waals surface area contributed by atoms with Crippen LogP contribution in [0.1, 0.15) is 0 Å². The number of ether oxygens (including phenoxy) is 2. The minimum Gasteiger partial charge on any atom is -0.490 e. The highest BCUT2D eigenvalue weighted by molar-refractivity contribution is 5.51. The number of rotatable bonds is 4. The predicted molar refractivity (Wildman–Crippen MR) is 66.1 cm³/mol. The number of hydrogen-bond acceptors (Lipinski definition) is 4. The fourth-order valence-electron chi connectivity index (χ4n) is 1.54. The van der Waals surface area contributed by atoms with Gasteiger partial charge in [-0.3, -0.25) is 10.1 Å². The summed E-state index contributed by atoms with van der Waals surface area (Å²) in [6.07, 6.45) is 0. The van der Waals surface area contributed by atoms with Crippen molar-refractivity contribution in [3.05, 3.63) is 58.4 Å². The van der Waals surface area contributed by atoms with Crippen molar-refractivity contribution in [1.82, 2.24) is 0 Å². The van der Waals surface area contributed by atoms with Gasteiger partial charge in [0, 0.05) is 6.07 Å². The average molecular weight is 263 g/mol. The molecule has 6 heteroatoms. The van der Waals surface area contributed by atoms with Crippen molar-refractivity contribution in [2.45, 2.75) is 0 Å². The molecule has 2 aromatic carbocycles. The summed E-state index contributed by atoms with van der Waals surface area (Å²) in [6.45, 7) is 0. The molecule has 98 valence electrons. The van der Waals surface area contributed by atoms with Gasteiger partial charge < -0.3 is 9.47 Å². The van der Waals surface area contributed by atoms with Crippen LogP contribution in [0.5, 0.6) is 17.2 Å². The highest BCUT2D eigenvalue weighted by Gasteiger charge is 2.16. The van der Waals surface area contributed by atoms with Crippen LogP contribution in [0, 0.1) is 15.9 Å². The van der Waals surface area contributed by atoms with Crippen LogP contribution in [0.25, 0.3) is 0 Å². The lowest BCUT2D eigenvalue weighted by atomic mass is 10.2. The molecule has 0 amide bonds. The number of hydrogen-bond donors (Lipinski definition) is 0. The Morgan fingerprint density at radius 2 is 1.89 bits per heavy atom. The van der Waals surface area contributed by atoms with E-state index < -0.39 is 10.7 Å². The van der Waals surface area contributed by atoms with E-state index in [0.29, 0.717) is 0 Å². The maximum atomic E-state index is 13.0. The summed E-state index contributed by atoms with van der Waals surface area (Å²) in [6, 6.07) is 9.67. The first-order valence-corrected chi connectivity index (χ1v) is 5.36. The van der Waals surface area contributed by atoms with Crippen LogP contribution in [0.15, 0.2) is 42.5 Å². The normalized spacial score (nSPS) is 10.0. The number of benzene rings is 2. The van der Waals surface area contributed by atoms with Crippen LogP contribution >= 0.6 is 0 Å².